The molecule has 0 radical (unpaired) electrons. The Morgan fingerprint density at radius 1 is 1.55 bits per heavy atom. The summed E-state index contributed by atoms with van der Waals surface area (Å²) in [6.07, 6.45) is 5.63. The molecule has 4 nitrogen and oxygen atoms in total. The molecule has 0 bridgehead atoms. The van der Waals surface area contributed by atoms with Gasteiger partial charge in [0.25, 0.3) is 0 Å². The number of thiophene rings is 1. The van der Waals surface area contributed by atoms with E-state index in [-0.39, 0.29) is 0 Å². The predicted octanol–water partition coefficient (Wildman–Crippen LogP) is 3.28. The van der Waals surface area contributed by atoms with E-state index in [4.69, 9.17) is 0 Å². The van der Waals surface area contributed by atoms with E-state index < -0.39 is 5.54 Å². The van der Waals surface area contributed by atoms with Gasteiger partial charge in [-0.2, -0.15) is 5.26 Å². The van der Waals surface area contributed by atoms with Gasteiger partial charge in [0.15, 0.2) is 0 Å². The van der Waals surface area contributed by atoms with Gasteiger partial charge in [-0.25, -0.2) is 4.98 Å². The first-order chi connectivity index (χ1) is 9.68. The van der Waals surface area contributed by atoms with Crippen LogP contribution in [0, 0.1) is 11.3 Å². The average molecular weight is 288 g/mol. The topological polar surface area (TPSA) is 53.6 Å². The monoisotopic (exact) mass is 288 g/mol. The lowest BCUT2D eigenvalue weighted by Crippen LogP contribution is -2.40. The van der Waals surface area contributed by atoms with Gasteiger partial charge in [0.05, 0.1) is 10.9 Å². The van der Waals surface area contributed by atoms with Gasteiger partial charge in [0.1, 0.15) is 11.4 Å². The SMILES string of the molecule is CCNC(C)(C#N)CCCn1ccnc1-c1cccs1. The molecule has 0 saturated carbocycles. The van der Waals surface area contributed by atoms with Gasteiger partial charge >= 0.3 is 0 Å². The molecule has 1 atom stereocenters. The van der Waals surface area contributed by atoms with Crippen LogP contribution < -0.4 is 5.32 Å². The summed E-state index contributed by atoms with van der Waals surface area (Å²) in [6.45, 7) is 5.69. The molecular weight excluding hydrogens is 268 g/mol. The van der Waals surface area contributed by atoms with Crippen molar-refractivity contribution in [2.75, 3.05) is 6.54 Å². The quantitative estimate of drug-likeness (QED) is 0.850. The third kappa shape index (κ3) is 3.47. The van der Waals surface area contributed by atoms with E-state index in [0.717, 1.165) is 31.8 Å². The van der Waals surface area contributed by atoms with E-state index in [1.807, 2.05) is 32.3 Å². The van der Waals surface area contributed by atoms with E-state index in [9.17, 15) is 5.26 Å². The molecule has 2 aromatic rings. The molecule has 0 spiro atoms. The Labute approximate surface area is 124 Å². The van der Waals surface area contributed by atoms with Crippen LogP contribution in [0.5, 0.6) is 0 Å². The maximum atomic E-state index is 9.25. The van der Waals surface area contributed by atoms with Crippen LogP contribution in [-0.4, -0.2) is 21.6 Å². The largest absolute Gasteiger partial charge is 0.330 e. The van der Waals surface area contributed by atoms with Crippen molar-refractivity contribution >= 4 is 11.3 Å². The maximum Gasteiger partial charge on any atom is 0.149 e. The van der Waals surface area contributed by atoms with Crippen molar-refractivity contribution in [1.82, 2.24) is 14.9 Å². The summed E-state index contributed by atoms with van der Waals surface area (Å²) in [5, 5.41) is 14.6. The molecule has 1 N–H and O–H groups in total. The van der Waals surface area contributed by atoms with E-state index in [0.29, 0.717) is 0 Å². The zero-order valence-electron chi connectivity index (χ0n) is 12.0. The van der Waals surface area contributed by atoms with Gasteiger partial charge < -0.3 is 4.57 Å². The number of nitriles is 1. The molecule has 0 fully saturated rings. The second-order valence-corrected chi connectivity index (χ2v) is 5.95. The van der Waals surface area contributed by atoms with Crippen molar-refractivity contribution in [2.45, 2.75) is 38.8 Å². The summed E-state index contributed by atoms with van der Waals surface area (Å²) in [6, 6.07) is 6.49. The predicted molar refractivity (Wildman–Crippen MR) is 82.5 cm³/mol. The second kappa shape index (κ2) is 6.69. The average Bonchev–Trinajstić information content (AvgIpc) is 3.09. The van der Waals surface area contributed by atoms with E-state index >= 15 is 0 Å². The van der Waals surface area contributed by atoms with Gasteiger partial charge in [0.2, 0.25) is 0 Å². The fourth-order valence-electron chi connectivity index (χ4n) is 2.30. The Morgan fingerprint density at radius 3 is 3.05 bits per heavy atom. The van der Waals surface area contributed by atoms with Crippen LogP contribution in [0.1, 0.15) is 26.7 Å². The van der Waals surface area contributed by atoms with Crippen LogP contribution in [0.25, 0.3) is 10.7 Å². The minimum Gasteiger partial charge on any atom is -0.330 e. The lowest BCUT2D eigenvalue weighted by atomic mass is 9.97. The number of hydrogen-bond donors (Lipinski definition) is 1. The first kappa shape index (κ1) is 14.8. The van der Waals surface area contributed by atoms with Crippen molar-refractivity contribution in [2.24, 2.45) is 0 Å². The molecule has 1 unspecified atom stereocenters. The zero-order chi connectivity index (χ0) is 14.4. The summed E-state index contributed by atoms with van der Waals surface area (Å²) < 4.78 is 2.16. The number of hydrogen-bond acceptors (Lipinski definition) is 4. The summed E-state index contributed by atoms with van der Waals surface area (Å²) >= 11 is 1.70. The van der Waals surface area contributed by atoms with Crippen LogP contribution in [-0.2, 0) is 6.54 Å². The summed E-state index contributed by atoms with van der Waals surface area (Å²) in [5.41, 5.74) is -0.432. The molecule has 0 aromatic carbocycles. The van der Waals surface area contributed by atoms with Gasteiger partial charge in [-0.05, 0) is 37.8 Å². The second-order valence-electron chi connectivity index (χ2n) is 5.00. The Morgan fingerprint density at radius 2 is 2.40 bits per heavy atom. The molecular formula is C15H20N4S. The summed E-state index contributed by atoms with van der Waals surface area (Å²) in [5.74, 6) is 1.02. The molecule has 0 amide bonds. The van der Waals surface area contributed by atoms with E-state index in [2.05, 4.69) is 32.4 Å². The highest BCUT2D eigenvalue weighted by atomic mass is 32.1. The molecule has 2 heterocycles. The first-order valence-electron chi connectivity index (χ1n) is 6.90. The highest BCUT2D eigenvalue weighted by Crippen LogP contribution is 2.23. The molecule has 0 saturated heterocycles. The Hall–Kier alpha value is -1.64. The number of aromatic nitrogens is 2. The van der Waals surface area contributed by atoms with E-state index in [1.165, 1.54) is 4.88 Å². The smallest absolute Gasteiger partial charge is 0.149 e. The van der Waals surface area contributed by atoms with Gasteiger partial charge in [0, 0.05) is 18.9 Å². The summed E-state index contributed by atoms with van der Waals surface area (Å²) in [4.78, 5) is 5.61. The zero-order valence-corrected chi connectivity index (χ0v) is 12.8. The van der Waals surface area contributed by atoms with Crippen LogP contribution in [0.4, 0.5) is 0 Å². The third-order valence-corrected chi connectivity index (χ3v) is 4.21. The standard InChI is InChI=1S/C15H20N4S/c1-3-18-15(2,12-16)7-5-9-19-10-8-17-14(19)13-6-4-11-20-13/h4,6,8,10-11,18H,3,5,7,9H2,1-2H3. The van der Waals surface area contributed by atoms with Crippen molar-refractivity contribution in [3.05, 3.63) is 29.9 Å². The van der Waals surface area contributed by atoms with E-state index in [1.54, 1.807) is 11.3 Å². The van der Waals surface area contributed by atoms with Gasteiger partial charge in [-0.1, -0.05) is 13.0 Å². The van der Waals surface area contributed by atoms with Gasteiger partial charge in [-0.3, -0.25) is 5.32 Å². The highest BCUT2D eigenvalue weighted by molar-refractivity contribution is 7.13. The minimum atomic E-state index is -0.432. The van der Waals surface area contributed by atoms with Crippen molar-refractivity contribution < 1.29 is 0 Å². The van der Waals surface area contributed by atoms with Crippen molar-refractivity contribution in [1.29, 1.82) is 5.26 Å². The number of aryl methyl sites for hydroxylation is 1. The number of imidazole rings is 1. The van der Waals surface area contributed by atoms with Crippen molar-refractivity contribution in [3.8, 4) is 16.8 Å². The molecule has 106 valence electrons. The summed E-state index contributed by atoms with van der Waals surface area (Å²) in [7, 11) is 0. The maximum absolute atomic E-state index is 9.25. The van der Waals surface area contributed by atoms with Crippen LogP contribution in [0.15, 0.2) is 29.9 Å². The normalized spacial score (nSPS) is 13.8. The Balaban J connectivity index is 1.96. The minimum absolute atomic E-state index is 0.432. The molecule has 0 aliphatic rings. The molecule has 2 aromatic heterocycles. The number of rotatable bonds is 7. The van der Waals surface area contributed by atoms with Crippen molar-refractivity contribution in [3.63, 3.8) is 0 Å². The highest BCUT2D eigenvalue weighted by Gasteiger charge is 2.21. The first-order valence-corrected chi connectivity index (χ1v) is 7.78. The number of nitrogens with zero attached hydrogens (tertiary/aromatic N) is 3. The number of nitrogens with one attached hydrogen (secondary N) is 1. The molecule has 2 rings (SSSR count). The third-order valence-electron chi connectivity index (χ3n) is 3.35. The lowest BCUT2D eigenvalue weighted by molar-refractivity contribution is 0.404. The lowest BCUT2D eigenvalue weighted by Gasteiger charge is -2.22. The molecule has 5 heteroatoms. The molecule has 0 aliphatic carbocycles. The van der Waals surface area contributed by atoms with Crippen LogP contribution in [0.2, 0.25) is 0 Å². The van der Waals surface area contributed by atoms with Crippen LogP contribution >= 0.6 is 11.3 Å². The van der Waals surface area contributed by atoms with Gasteiger partial charge in [-0.15, -0.1) is 11.3 Å². The van der Waals surface area contributed by atoms with Crippen LogP contribution in [0.3, 0.4) is 0 Å². The molecule has 0 aliphatic heterocycles. The fourth-order valence-corrected chi connectivity index (χ4v) is 3.03. The Bertz CT molecular complexity index is 567. The fraction of sp³-hybridized carbons (Fsp3) is 0.467. The molecule has 20 heavy (non-hydrogen) atoms. The Kier molecular flexibility index (Phi) is 4.94.